The summed E-state index contributed by atoms with van der Waals surface area (Å²) in [5, 5.41) is 11.7. The van der Waals surface area contributed by atoms with Gasteiger partial charge in [0.2, 0.25) is 0 Å². The third-order valence-corrected chi connectivity index (χ3v) is 2.84. The molecule has 0 radical (unpaired) electrons. The van der Waals surface area contributed by atoms with Crippen molar-refractivity contribution >= 4 is 11.3 Å². The lowest BCUT2D eigenvalue weighted by atomic mass is 10.1. The summed E-state index contributed by atoms with van der Waals surface area (Å²) in [5.74, 6) is 0. The van der Waals surface area contributed by atoms with E-state index in [0.717, 1.165) is 25.0 Å². The minimum Gasteiger partial charge on any atom is -0.388 e. The Balaban J connectivity index is 2.35. The van der Waals surface area contributed by atoms with E-state index in [1.165, 1.54) is 4.88 Å². The highest BCUT2D eigenvalue weighted by Gasteiger charge is 2.07. The van der Waals surface area contributed by atoms with Gasteiger partial charge in [0.15, 0.2) is 0 Å². The van der Waals surface area contributed by atoms with Gasteiger partial charge in [-0.1, -0.05) is 0 Å². The standard InChI is InChI=1S/C10H16O2S/c1-8-6-9(7-13-8)10(11)4-3-5-12-2/h6-7,10-11H,3-5H2,1-2H3. The first-order chi connectivity index (χ1) is 6.24. The maximum absolute atomic E-state index is 9.71. The van der Waals surface area contributed by atoms with Gasteiger partial charge in [-0.25, -0.2) is 0 Å². The predicted octanol–water partition coefficient (Wildman–Crippen LogP) is 2.52. The normalized spacial score (nSPS) is 13.2. The molecular formula is C10H16O2S. The summed E-state index contributed by atoms with van der Waals surface area (Å²) < 4.78 is 4.92. The number of thiophene rings is 1. The van der Waals surface area contributed by atoms with Crippen molar-refractivity contribution in [3.63, 3.8) is 0 Å². The van der Waals surface area contributed by atoms with Crippen molar-refractivity contribution in [3.05, 3.63) is 21.9 Å². The van der Waals surface area contributed by atoms with E-state index in [2.05, 4.69) is 6.92 Å². The molecule has 0 amide bonds. The zero-order chi connectivity index (χ0) is 9.68. The van der Waals surface area contributed by atoms with Gasteiger partial charge >= 0.3 is 0 Å². The Hall–Kier alpha value is -0.380. The second kappa shape index (κ2) is 5.37. The molecule has 1 unspecified atom stereocenters. The van der Waals surface area contributed by atoms with Crippen LogP contribution in [0.2, 0.25) is 0 Å². The van der Waals surface area contributed by atoms with Gasteiger partial charge in [0.25, 0.3) is 0 Å². The quantitative estimate of drug-likeness (QED) is 0.740. The Morgan fingerprint density at radius 3 is 2.92 bits per heavy atom. The Morgan fingerprint density at radius 2 is 2.38 bits per heavy atom. The molecule has 0 aromatic carbocycles. The summed E-state index contributed by atoms with van der Waals surface area (Å²) in [7, 11) is 1.68. The van der Waals surface area contributed by atoms with Crippen LogP contribution in [0.5, 0.6) is 0 Å². The monoisotopic (exact) mass is 200 g/mol. The predicted molar refractivity (Wildman–Crippen MR) is 55.1 cm³/mol. The average molecular weight is 200 g/mol. The van der Waals surface area contributed by atoms with Crippen molar-refractivity contribution in [2.75, 3.05) is 13.7 Å². The number of hydrogen-bond donors (Lipinski definition) is 1. The summed E-state index contributed by atoms with van der Waals surface area (Å²) in [4.78, 5) is 1.25. The lowest BCUT2D eigenvalue weighted by Gasteiger charge is -2.07. The second-order valence-corrected chi connectivity index (χ2v) is 4.26. The van der Waals surface area contributed by atoms with Gasteiger partial charge in [-0.2, -0.15) is 0 Å². The first-order valence-electron chi connectivity index (χ1n) is 4.46. The number of ether oxygens (including phenoxy) is 1. The Bertz CT molecular complexity index is 245. The molecule has 0 aliphatic carbocycles. The Morgan fingerprint density at radius 1 is 1.62 bits per heavy atom. The van der Waals surface area contributed by atoms with E-state index in [0.29, 0.717) is 0 Å². The van der Waals surface area contributed by atoms with E-state index >= 15 is 0 Å². The third-order valence-electron chi connectivity index (χ3n) is 1.96. The van der Waals surface area contributed by atoms with Gasteiger partial charge in [-0.05, 0) is 36.8 Å². The van der Waals surface area contributed by atoms with Crippen LogP contribution < -0.4 is 0 Å². The van der Waals surface area contributed by atoms with Crippen molar-refractivity contribution in [1.29, 1.82) is 0 Å². The number of hydrogen-bond acceptors (Lipinski definition) is 3. The zero-order valence-electron chi connectivity index (χ0n) is 8.12. The average Bonchev–Trinajstić information content (AvgIpc) is 2.52. The van der Waals surface area contributed by atoms with Crippen LogP contribution in [0.4, 0.5) is 0 Å². The van der Waals surface area contributed by atoms with Crippen molar-refractivity contribution in [1.82, 2.24) is 0 Å². The van der Waals surface area contributed by atoms with Gasteiger partial charge in [0.05, 0.1) is 6.10 Å². The van der Waals surface area contributed by atoms with Gasteiger partial charge in [0.1, 0.15) is 0 Å². The first kappa shape index (κ1) is 10.7. The molecule has 1 atom stereocenters. The fraction of sp³-hybridized carbons (Fsp3) is 0.600. The summed E-state index contributed by atoms with van der Waals surface area (Å²) in [6.07, 6.45) is 1.37. The fourth-order valence-electron chi connectivity index (χ4n) is 1.23. The lowest BCUT2D eigenvalue weighted by molar-refractivity contribution is 0.136. The third kappa shape index (κ3) is 3.46. The molecule has 0 aliphatic rings. The minimum atomic E-state index is -0.319. The molecule has 2 nitrogen and oxygen atoms in total. The van der Waals surface area contributed by atoms with Gasteiger partial charge in [-0.15, -0.1) is 11.3 Å². The van der Waals surface area contributed by atoms with Crippen LogP contribution >= 0.6 is 11.3 Å². The number of rotatable bonds is 5. The molecule has 0 spiro atoms. The van der Waals surface area contributed by atoms with Crippen molar-refractivity contribution < 1.29 is 9.84 Å². The van der Waals surface area contributed by atoms with Crippen LogP contribution in [0.3, 0.4) is 0 Å². The molecule has 74 valence electrons. The fourth-order valence-corrected chi connectivity index (χ4v) is 1.98. The van der Waals surface area contributed by atoms with Crippen molar-refractivity contribution in [3.8, 4) is 0 Å². The Labute approximate surface area is 83.2 Å². The SMILES string of the molecule is COCCCC(O)c1csc(C)c1. The Kier molecular flexibility index (Phi) is 4.42. The molecule has 1 heterocycles. The molecule has 0 saturated heterocycles. The molecule has 1 N–H and O–H groups in total. The minimum absolute atomic E-state index is 0.319. The largest absolute Gasteiger partial charge is 0.388 e. The van der Waals surface area contributed by atoms with Crippen LogP contribution in [0.15, 0.2) is 11.4 Å². The highest BCUT2D eigenvalue weighted by Crippen LogP contribution is 2.23. The van der Waals surface area contributed by atoms with Crippen LogP contribution in [0.1, 0.15) is 29.4 Å². The number of methoxy groups -OCH3 is 1. The zero-order valence-corrected chi connectivity index (χ0v) is 8.93. The van der Waals surface area contributed by atoms with E-state index < -0.39 is 0 Å². The maximum atomic E-state index is 9.71. The van der Waals surface area contributed by atoms with Crippen LogP contribution in [0.25, 0.3) is 0 Å². The van der Waals surface area contributed by atoms with Gasteiger partial charge < -0.3 is 9.84 Å². The van der Waals surface area contributed by atoms with E-state index in [-0.39, 0.29) is 6.10 Å². The van der Waals surface area contributed by atoms with Crippen molar-refractivity contribution in [2.45, 2.75) is 25.9 Å². The summed E-state index contributed by atoms with van der Waals surface area (Å²) in [6, 6.07) is 2.04. The van der Waals surface area contributed by atoms with E-state index in [1.54, 1.807) is 18.4 Å². The van der Waals surface area contributed by atoms with Gasteiger partial charge in [0, 0.05) is 18.6 Å². The molecular weight excluding hydrogens is 184 g/mol. The summed E-state index contributed by atoms with van der Waals surface area (Å²) in [5.41, 5.74) is 1.04. The second-order valence-electron chi connectivity index (χ2n) is 3.14. The molecule has 1 aromatic rings. The highest BCUT2D eigenvalue weighted by molar-refractivity contribution is 7.10. The number of aliphatic hydroxyl groups excluding tert-OH is 1. The maximum Gasteiger partial charge on any atom is 0.0799 e. The van der Waals surface area contributed by atoms with E-state index in [1.807, 2.05) is 11.4 Å². The molecule has 0 bridgehead atoms. The summed E-state index contributed by atoms with van der Waals surface area (Å²) >= 11 is 1.68. The highest BCUT2D eigenvalue weighted by atomic mass is 32.1. The molecule has 3 heteroatoms. The van der Waals surface area contributed by atoms with E-state index in [4.69, 9.17) is 4.74 Å². The first-order valence-corrected chi connectivity index (χ1v) is 5.34. The van der Waals surface area contributed by atoms with Crippen LogP contribution in [-0.2, 0) is 4.74 Å². The number of aryl methyl sites for hydroxylation is 1. The smallest absolute Gasteiger partial charge is 0.0799 e. The van der Waals surface area contributed by atoms with Gasteiger partial charge in [-0.3, -0.25) is 0 Å². The molecule has 1 aromatic heterocycles. The number of aliphatic hydroxyl groups is 1. The molecule has 0 saturated carbocycles. The van der Waals surface area contributed by atoms with E-state index in [9.17, 15) is 5.11 Å². The summed E-state index contributed by atoms with van der Waals surface area (Å²) in [6.45, 7) is 2.77. The topological polar surface area (TPSA) is 29.5 Å². The van der Waals surface area contributed by atoms with Crippen LogP contribution in [0, 0.1) is 6.92 Å². The molecule has 0 fully saturated rings. The molecule has 13 heavy (non-hydrogen) atoms. The van der Waals surface area contributed by atoms with Crippen molar-refractivity contribution in [2.24, 2.45) is 0 Å². The molecule has 1 rings (SSSR count). The lowest BCUT2D eigenvalue weighted by Crippen LogP contribution is -1.98. The van der Waals surface area contributed by atoms with Crippen LogP contribution in [-0.4, -0.2) is 18.8 Å². The molecule has 0 aliphatic heterocycles.